The number of nitrogens with one attached hydrogen (secondary N) is 2. The average Bonchev–Trinajstić information content (AvgIpc) is 2.88. The lowest BCUT2D eigenvalue weighted by Gasteiger charge is -2.09. The predicted octanol–water partition coefficient (Wildman–Crippen LogP) is 3.43. The maximum absolute atomic E-state index is 12.3. The Balaban J connectivity index is 1.91. The number of rotatable bonds is 2. The van der Waals surface area contributed by atoms with Crippen LogP contribution in [0, 0.1) is 13.8 Å². The largest absolute Gasteiger partial charge is 0.349 e. The van der Waals surface area contributed by atoms with Crippen molar-refractivity contribution in [2.45, 2.75) is 13.8 Å². The number of H-pyrrole nitrogens is 1. The third-order valence-corrected chi connectivity index (χ3v) is 3.49. The molecule has 100 valence electrons. The maximum atomic E-state index is 12.3. The molecule has 0 bridgehead atoms. The second-order valence-corrected chi connectivity index (χ2v) is 4.82. The molecular formula is C16H15N3O. The van der Waals surface area contributed by atoms with Crippen LogP contribution in [0.15, 0.2) is 42.6 Å². The van der Waals surface area contributed by atoms with Crippen LogP contribution in [0.1, 0.15) is 21.6 Å². The molecule has 0 saturated heterocycles. The van der Waals surface area contributed by atoms with Gasteiger partial charge in [0.05, 0.1) is 11.0 Å². The molecule has 0 aliphatic rings. The summed E-state index contributed by atoms with van der Waals surface area (Å²) in [7, 11) is 0. The number of hydrogen-bond acceptors (Lipinski definition) is 2. The van der Waals surface area contributed by atoms with Gasteiger partial charge in [0.2, 0.25) is 0 Å². The van der Waals surface area contributed by atoms with E-state index in [-0.39, 0.29) is 5.91 Å². The zero-order valence-electron chi connectivity index (χ0n) is 11.4. The van der Waals surface area contributed by atoms with Crippen LogP contribution in [0.4, 0.5) is 5.69 Å². The minimum absolute atomic E-state index is 0.156. The van der Waals surface area contributed by atoms with E-state index in [0.29, 0.717) is 5.69 Å². The van der Waals surface area contributed by atoms with E-state index in [4.69, 9.17) is 0 Å². The SMILES string of the molecule is Cc1cccc(NC(=O)c2cc3ncccc3[nH]2)c1C. The van der Waals surface area contributed by atoms with Gasteiger partial charge in [-0.1, -0.05) is 12.1 Å². The highest BCUT2D eigenvalue weighted by molar-refractivity contribution is 6.05. The Morgan fingerprint density at radius 1 is 1.20 bits per heavy atom. The van der Waals surface area contributed by atoms with Crippen molar-refractivity contribution in [2.75, 3.05) is 5.32 Å². The molecule has 0 aliphatic heterocycles. The molecule has 0 radical (unpaired) electrons. The first-order valence-corrected chi connectivity index (χ1v) is 6.46. The van der Waals surface area contributed by atoms with Gasteiger partial charge in [0.25, 0.3) is 5.91 Å². The van der Waals surface area contributed by atoms with Gasteiger partial charge in [-0.3, -0.25) is 9.78 Å². The minimum Gasteiger partial charge on any atom is -0.349 e. The minimum atomic E-state index is -0.156. The van der Waals surface area contributed by atoms with Gasteiger partial charge in [0.1, 0.15) is 5.69 Å². The highest BCUT2D eigenvalue weighted by atomic mass is 16.1. The molecule has 0 saturated carbocycles. The zero-order valence-corrected chi connectivity index (χ0v) is 11.4. The molecule has 3 aromatic rings. The summed E-state index contributed by atoms with van der Waals surface area (Å²) in [4.78, 5) is 19.6. The van der Waals surface area contributed by atoms with Crippen LogP contribution in [0.3, 0.4) is 0 Å². The van der Waals surface area contributed by atoms with E-state index in [0.717, 1.165) is 27.8 Å². The fraction of sp³-hybridized carbons (Fsp3) is 0.125. The average molecular weight is 265 g/mol. The first kappa shape index (κ1) is 12.4. The van der Waals surface area contributed by atoms with Crippen molar-refractivity contribution in [1.29, 1.82) is 0 Å². The first-order chi connectivity index (χ1) is 9.65. The van der Waals surface area contributed by atoms with Crippen LogP contribution < -0.4 is 5.32 Å². The van der Waals surface area contributed by atoms with Crippen molar-refractivity contribution in [3.8, 4) is 0 Å². The molecule has 0 fully saturated rings. The van der Waals surface area contributed by atoms with Crippen molar-refractivity contribution >= 4 is 22.6 Å². The number of pyridine rings is 1. The molecule has 4 nitrogen and oxygen atoms in total. The Kier molecular flexibility index (Phi) is 2.99. The van der Waals surface area contributed by atoms with Gasteiger partial charge in [-0.05, 0) is 49.2 Å². The molecule has 20 heavy (non-hydrogen) atoms. The molecule has 1 aromatic carbocycles. The number of fused-ring (bicyclic) bond motifs is 1. The summed E-state index contributed by atoms with van der Waals surface area (Å²) in [6.07, 6.45) is 1.71. The molecule has 4 heteroatoms. The van der Waals surface area contributed by atoms with Crippen molar-refractivity contribution in [3.05, 3.63) is 59.4 Å². The third-order valence-electron chi connectivity index (χ3n) is 3.49. The van der Waals surface area contributed by atoms with Gasteiger partial charge in [0, 0.05) is 11.9 Å². The molecule has 0 spiro atoms. The van der Waals surface area contributed by atoms with E-state index in [1.807, 2.05) is 44.2 Å². The summed E-state index contributed by atoms with van der Waals surface area (Å²) in [6, 6.07) is 11.4. The fourth-order valence-electron chi connectivity index (χ4n) is 2.15. The van der Waals surface area contributed by atoms with Crippen LogP contribution in [-0.2, 0) is 0 Å². The number of benzene rings is 1. The third kappa shape index (κ3) is 2.16. The lowest BCUT2D eigenvalue weighted by Crippen LogP contribution is -2.13. The second kappa shape index (κ2) is 4.81. The van der Waals surface area contributed by atoms with Gasteiger partial charge >= 0.3 is 0 Å². The monoisotopic (exact) mass is 265 g/mol. The van der Waals surface area contributed by atoms with Crippen LogP contribution in [-0.4, -0.2) is 15.9 Å². The summed E-state index contributed by atoms with van der Waals surface area (Å²) in [6.45, 7) is 4.02. The van der Waals surface area contributed by atoms with E-state index < -0.39 is 0 Å². The Bertz CT molecular complexity index is 756. The molecule has 1 amide bonds. The number of hydrogen-bond donors (Lipinski definition) is 2. The number of anilines is 1. The number of aryl methyl sites for hydroxylation is 1. The molecule has 2 N–H and O–H groups in total. The smallest absolute Gasteiger partial charge is 0.272 e. The molecule has 0 aliphatic carbocycles. The van der Waals surface area contributed by atoms with Crippen LogP contribution in [0.5, 0.6) is 0 Å². The summed E-state index contributed by atoms with van der Waals surface area (Å²) in [5.41, 5.74) is 5.23. The normalized spacial score (nSPS) is 10.7. The van der Waals surface area contributed by atoms with E-state index >= 15 is 0 Å². The quantitative estimate of drug-likeness (QED) is 0.745. The van der Waals surface area contributed by atoms with Gasteiger partial charge in [-0.2, -0.15) is 0 Å². The number of carbonyl (C=O) groups excluding carboxylic acids is 1. The Hall–Kier alpha value is -2.62. The maximum Gasteiger partial charge on any atom is 0.272 e. The topological polar surface area (TPSA) is 57.8 Å². The lowest BCUT2D eigenvalue weighted by atomic mass is 10.1. The standard InChI is InChI=1S/C16H15N3O/c1-10-5-3-6-12(11(10)2)19-16(20)15-9-14-13(18-15)7-4-8-17-14/h3-9,18H,1-2H3,(H,19,20). The number of nitrogens with zero attached hydrogens (tertiary/aromatic N) is 1. The van der Waals surface area contributed by atoms with Gasteiger partial charge in [-0.25, -0.2) is 0 Å². The first-order valence-electron chi connectivity index (χ1n) is 6.46. The van der Waals surface area contributed by atoms with Crippen LogP contribution in [0.25, 0.3) is 11.0 Å². The summed E-state index contributed by atoms with van der Waals surface area (Å²) in [5, 5.41) is 2.93. The summed E-state index contributed by atoms with van der Waals surface area (Å²) in [5.74, 6) is -0.156. The van der Waals surface area contributed by atoms with Crippen molar-refractivity contribution in [3.63, 3.8) is 0 Å². The lowest BCUT2D eigenvalue weighted by molar-refractivity contribution is 0.102. The highest BCUT2D eigenvalue weighted by Crippen LogP contribution is 2.19. The molecular weight excluding hydrogens is 250 g/mol. The second-order valence-electron chi connectivity index (χ2n) is 4.82. The number of amides is 1. The Morgan fingerprint density at radius 2 is 2.05 bits per heavy atom. The Labute approximate surface area is 116 Å². The predicted molar refractivity (Wildman–Crippen MR) is 80.0 cm³/mol. The molecule has 2 aromatic heterocycles. The number of aromatic nitrogens is 2. The van der Waals surface area contributed by atoms with E-state index in [1.54, 1.807) is 12.3 Å². The van der Waals surface area contributed by atoms with E-state index in [1.165, 1.54) is 0 Å². The van der Waals surface area contributed by atoms with Crippen LogP contribution in [0.2, 0.25) is 0 Å². The number of carbonyl (C=O) groups is 1. The molecule has 0 atom stereocenters. The highest BCUT2D eigenvalue weighted by Gasteiger charge is 2.11. The molecule has 2 heterocycles. The number of aromatic amines is 1. The zero-order chi connectivity index (χ0) is 14.1. The molecule has 3 rings (SSSR count). The van der Waals surface area contributed by atoms with Gasteiger partial charge < -0.3 is 10.3 Å². The van der Waals surface area contributed by atoms with Crippen molar-refractivity contribution in [2.24, 2.45) is 0 Å². The van der Waals surface area contributed by atoms with Gasteiger partial charge in [0.15, 0.2) is 0 Å². The van der Waals surface area contributed by atoms with Crippen LogP contribution >= 0.6 is 0 Å². The van der Waals surface area contributed by atoms with Crippen molar-refractivity contribution in [1.82, 2.24) is 9.97 Å². The van der Waals surface area contributed by atoms with E-state index in [9.17, 15) is 4.79 Å². The van der Waals surface area contributed by atoms with E-state index in [2.05, 4.69) is 15.3 Å². The summed E-state index contributed by atoms with van der Waals surface area (Å²) < 4.78 is 0. The van der Waals surface area contributed by atoms with Crippen molar-refractivity contribution < 1.29 is 4.79 Å². The fourth-order valence-corrected chi connectivity index (χ4v) is 2.15. The summed E-state index contributed by atoms with van der Waals surface area (Å²) >= 11 is 0. The molecule has 0 unspecified atom stereocenters. The van der Waals surface area contributed by atoms with Gasteiger partial charge in [-0.15, -0.1) is 0 Å². The Morgan fingerprint density at radius 3 is 2.85 bits per heavy atom.